The first-order valence-corrected chi connectivity index (χ1v) is 5.09. The summed E-state index contributed by atoms with van der Waals surface area (Å²) in [5.41, 5.74) is 0.964. The minimum absolute atomic E-state index is 0.219. The number of nitrogens with one attached hydrogen (secondary N) is 1. The van der Waals surface area contributed by atoms with Crippen molar-refractivity contribution in [2.24, 2.45) is 0 Å². The van der Waals surface area contributed by atoms with Gasteiger partial charge in [-0.1, -0.05) is 0 Å². The molecule has 1 unspecified atom stereocenters. The fourth-order valence-corrected chi connectivity index (χ4v) is 1.77. The molecule has 1 atom stereocenters. The van der Waals surface area contributed by atoms with Crippen LogP contribution in [0.1, 0.15) is 18.5 Å². The number of hydrogen-bond donors (Lipinski definition) is 1. The summed E-state index contributed by atoms with van der Waals surface area (Å²) in [6.45, 7) is 2.22. The highest BCUT2D eigenvalue weighted by Gasteiger charge is 2.19. The maximum Gasteiger partial charge on any atom is 0.327 e. The Labute approximate surface area is 81.7 Å². The monoisotopic (exact) mass is 199 g/mol. The van der Waals surface area contributed by atoms with Gasteiger partial charge in [0.25, 0.3) is 0 Å². The van der Waals surface area contributed by atoms with Crippen LogP contribution >= 0.6 is 11.3 Å². The molecule has 13 heavy (non-hydrogen) atoms. The summed E-state index contributed by atoms with van der Waals surface area (Å²) in [7, 11) is 1.75. The summed E-state index contributed by atoms with van der Waals surface area (Å²) in [4.78, 5) is 11.4. The van der Waals surface area contributed by atoms with E-state index in [-0.39, 0.29) is 12.0 Å². The van der Waals surface area contributed by atoms with E-state index < -0.39 is 0 Å². The van der Waals surface area contributed by atoms with Gasteiger partial charge in [-0.15, -0.1) is 0 Å². The van der Waals surface area contributed by atoms with Gasteiger partial charge in [-0.25, -0.2) is 4.79 Å². The topological polar surface area (TPSA) is 38.3 Å². The summed E-state index contributed by atoms with van der Waals surface area (Å²) in [5.74, 6) is -0.219. The average Bonchev–Trinajstić information content (AvgIpc) is 2.59. The van der Waals surface area contributed by atoms with Crippen molar-refractivity contribution in [1.82, 2.24) is 5.32 Å². The minimum atomic E-state index is -0.328. The number of likely N-dealkylation sites (N-methyl/N-ethyl adjacent to an activating group) is 1. The SMILES string of the molecule is CCOC(=O)C(NC)c1ccsc1. The molecule has 0 spiro atoms. The molecule has 0 saturated heterocycles. The molecule has 1 N–H and O–H groups in total. The van der Waals surface area contributed by atoms with Crippen molar-refractivity contribution in [2.45, 2.75) is 13.0 Å². The van der Waals surface area contributed by atoms with E-state index in [1.807, 2.05) is 16.8 Å². The predicted molar refractivity (Wildman–Crippen MR) is 52.8 cm³/mol. The molecule has 1 aromatic heterocycles. The number of rotatable bonds is 4. The third-order valence-corrected chi connectivity index (χ3v) is 2.39. The highest BCUT2D eigenvalue weighted by Crippen LogP contribution is 2.17. The van der Waals surface area contributed by atoms with E-state index in [1.54, 1.807) is 25.3 Å². The number of carbonyl (C=O) groups is 1. The summed E-state index contributed by atoms with van der Waals surface area (Å²) < 4.78 is 4.92. The summed E-state index contributed by atoms with van der Waals surface area (Å²) in [6, 6.07) is 1.59. The summed E-state index contributed by atoms with van der Waals surface area (Å²) in [5, 5.41) is 6.81. The molecule has 3 nitrogen and oxygen atoms in total. The Bertz CT molecular complexity index is 259. The Morgan fingerprint density at radius 1 is 1.77 bits per heavy atom. The van der Waals surface area contributed by atoms with E-state index >= 15 is 0 Å². The van der Waals surface area contributed by atoms with Crippen molar-refractivity contribution in [1.29, 1.82) is 0 Å². The number of hydrogen-bond acceptors (Lipinski definition) is 4. The quantitative estimate of drug-likeness (QED) is 0.748. The highest BCUT2D eigenvalue weighted by molar-refractivity contribution is 7.08. The molecule has 0 amide bonds. The third kappa shape index (κ3) is 2.54. The number of thiophene rings is 1. The van der Waals surface area contributed by atoms with Crippen LogP contribution in [0.5, 0.6) is 0 Å². The van der Waals surface area contributed by atoms with Crippen LogP contribution in [0.4, 0.5) is 0 Å². The molecule has 4 heteroatoms. The first-order valence-electron chi connectivity index (χ1n) is 4.15. The fourth-order valence-electron chi connectivity index (χ4n) is 1.09. The molecule has 0 aliphatic heterocycles. The highest BCUT2D eigenvalue weighted by atomic mass is 32.1. The van der Waals surface area contributed by atoms with E-state index in [0.717, 1.165) is 5.56 Å². The first-order chi connectivity index (χ1) is 6.29. The molecular weight excluding hydrogens is 186 g/mol. The van der Waals surface area contributed by atoms with Gasteiger partial charge in [0.2, 0.25) is 0 Å². The van der Waals surface area contributed by atoms with Crippen molar-refractivity contribution < 1.29 is 9.53 Å². The molecule has 0 aliphatic rings. The molecule has 0 saturated carbocycles. The standard InChI is InChI=1S/C9H13NO2S/c1-3-12-9(11)8(10-2)7-4-5-13-6-7/h4-6,8,10H,3H2,1-2H3. The van der Waals surface area contributed by atoms with Gasteiger partial charge < -0.3 is 10.1 Å². The molecular formula is C9H13NO2S. The molecule has 0 aliphatic carbocycles. The lowest BCUT2D eigenvalue weighted by Crippen LogP contribution is -2.26. The number of ether oxygens (including phenoxy) is 1. The first kappa shape index (κ1) is 10.2. The normalized spacial score (nSPS) is 12.5. The van der Waals surface area contributed by atoms with Crippen molar-refractivity contribution in [2.75, 3.05) is 13.7 Å². The molecule has 72 valence electrons. The maximum atomic E-state index is 11.4. The van der Waals surface area contributed by atoms with Gasteiger partial charge in [-0.3, -0.25) is 0 Å². The maximum absolute atomic E-state index is 11.4. The van der Waals surface area contributed by atoms with Crippen molar-refractivity contribution >= 4 is 17.3 Å². The van der Waals surface area contributed by atoms with E-state index in [9.17, 15) is 4.79 Å². The fraction of sp³-hybridized carbons (Fsp3) is 0.444. The molecule has 0 aromatic carbocycles. The van der Waals surface area contributed by atoms with Gasteiger partial charge in [0.05, 0.1) is 6.61 Å². The molecule has 0 fully saturated rings. The largest absolute Gasteiger partial charge is 0.465 e. The van der Waals surface area contributed by atoms with Crippen LogP contribution in [-0.4, -0.2) is 19.6 Å². The lowest BCUT2D eigenvalue weighted by Gasteiger charge is -2.12. The van der Waals surface area contributed by atoms with Crippen molar-refractivity contribution in [3.05, 3.63) is 22.4 Å². The molecule has 1 aromatic rings. The average molecular weight is 199 g/mol. The van der Waals surface area contributed by atoms with Gasteiger partial charge in [0.15, 0.2) is 0 Å². The van der Waals surface area contributed by atoms with Crippen LogP contribution in [0.3, 0.4) is 0 Å². The zero-order valence-electron chi connectivity index (χ0n) is 7.74. The predicted octanol–water partition coefficient (Wildman–Crippen LogP) is 1.57. The smallest absolute Gasteiger partial charge is 0.327 e. The molecule has 1 heterocycles. The van der Waals surface area contributed by atoms with Crippen molar-refractivity contribution in [3.63, 3.8) is 0 Å². The minimum Gasteiger partial charge on any atom is -0.465 e. The van der Waals surface area contributed by atoms with Crippen LogP contribution in [0, 0.1) is 0 Å². The van der Waals surface area contributed by atoms with E-state index in [4.69, 9.17) is 4.74 Å². The van der Waals surface area contributed by atoms with Gasteiger partial charge >= 0.3 is 5.97 Å². The van der Waals surface area contributed by atoms with E-state index in [1.165, 1.54) is 0 Å². The van der Waals surface area contributed by atoms with Crippen LogP contribution in [0.2, 0.25) is 0 Å². The second-order valence-corrected chi connectivity index (χ2v) is 3.31. The van der Waals surface area contributed by atoms with E-state index in [0.29, 0.717) is 6.61 Å². The summed E-state index contributed by atoms with van der Waals surface area (Å²) in [6.07, 6.45) is 0. The van der Waals surface area contributed by atoms with Gasteiger partial charge in [-0.05, 0) is 36.4 Å². The van der Waals surface area contributed by atoms with Crippen LogP contribution < -0.4 is 5.32 Å². The van der Waals surface area contributed by atoms with Crippen LogP contribution in [-0.2, 0) is 9.53 Å². The van der Waals surface area contributed by atoms with E-state index in [2.05, 4.69) is 5.32 Å². The van der Waals surface area contributed by atoms with Crippen molar-refractivity contribution in [3.8, 4) is 0 Å². The molecule has 1 rings (SSSR count). The zero-order chi connectivity index (χ0) is 9.68. The van der Waals surface area contributed by atoms with Gasteiger partial charge in [0, 0.05) is 0 Å². The second kappa shape index (κ2) is 4.99. The number of carbonyl (C=O) groups excluding carboxylic acids is 1. The second-order valence-electron chi connectivity index (χ2n) is 2.53. The van der Waals surface area contributed by atoms with Crippen LogP contribution in [0.25, 0.3) is 0 Å². The lowest BCUT2D eigenvalue weighted by atomic mass is 10.1. The molecule has 0 radical (unpaired) electrons. The van der Waals surface area contributed by atoms with Crippen LogP contribution in [0.15, 0.2) is 16.8 Å². The number of esters is 1. The Morgan fingerprint density at radius 3 is 3.00 bits per heavy atom. The van der Waals surface area contributed by atoms with Gasteiger partial charge in [0.1, 0.15) is 6.04 Å². The summed E-state index contributed by atoms with van der Waals surface area (Å²) >= 11 is 1.57. The Hall–Kier alpha value is -0.870. The zero-order valence-corrected chi connectivity index (χ0v) is 8.56. The third-order valence-electron chi connectivity index (χ3n) is 1.69. The Kier molecular flexibility index (Phi) is 3.92. The Balaban J connectivity index is 2.68. The lowest BCUT2D eigenvalue weighted by molar-refractivity contribution is -0.145. The Morgan fingerprint density at radius 2 is 2.54 bits per heavy atom. The van der Waals surface area contributed by atoms with Gasteiger partial charge in [-0.2, -0.15) is 11.3 Å². The molecule has 0 bridgehead atoms.